The van der Waals surface area contributed by atoms with E-state index in [1.54, 1.807) is 0 Å². The van der Waals surface area contributed by atoms with Crippen molar-refractivity contribution in [2.24, 2.45) is 0 Å². The zero-order valence-corrected chi connectivity index (χ0v) is 11.6. The van der Waals surface area contributed by atoms with Crippen LogP contribution in [0.4, 0.5) is 5.82 Å². The molecule has 0 bridgehead atoms. The molecule has 4 nitrogen and oxygen atoms in total. The second-order valence-electron chi connectivity index (χ2n) is 5.11. The maximum Gasteiger partial charge on any atom is 0.128 e. The van der Waals surface area contributed by atoms with Gasteiger partial charge in [-0.1, -0.05) is 6.92 Å². The van der Waals surface area contributed by atoms with Gasteiger partial charge in [-0.3, -0.25) is 0 Å². The van der Waals surface area contributed by atoms with Crippen molar-refractivity contribution in [3.63, 3.8) is 0 Å². The summed E-state index contributed by atoms with van der Waals surface area (Å²) in [5.41, 5.74) is 2.09. The lowest BCUT2D eigenvalue weighted by Crippen LogP contribution is -2.44. The fraction of sp³-hybridized carbons (Fsp3) is 0.643. The number of likely N-dealkylation sites (N-methyl/N-ethyl adjacent to an activating group) is 1. The first-order chi connectivity index (χ1) is 8.61. The lowest BCUT2D eigenvalue weighted by Gasteiger charge is -2.33. The van der Waals surface area contributed by atoms with E-state index in [4.69, 9.17) is 0 Å². The average molecular weight is 249 g/mol. The molecule has 0 radical (unpaired) electrons. The monoisotopic (exact) mass is 249 g/mol. The van der Waals surface area contributed by atoms with E-state index < -0.39 is 0 Å². The summed E-state index contributed by atoms with van der Waals surface area (Å²) in [7, 11) is 2.15. The smallest absolute Gasteiger partial charge is 0.128 e. The van der Waals surface area contributed by atoms with Crippen molar-refractivity contribution in [1.29, 1.82) is 0 Å². The molecule has 1 N–H and O–H groups in total. The maximum absolute atomic E-state index is 9.89. The minimum atomic E-state index is -0.390. The van der Waals surface area contributed by atoms with Crippen LogP contribution in [0.2, 0.25) is 0 Å². The largest absolute Gasteiger partial charge is 0.388 e. The fourth-order valence-corrected chi connectivity index (χ4v) is 2.33. The van der Waals surface area contributed by atoms with E-state index in [0.717, 1.165) is 49.5 Å². The molecular formula is C14H23N3O. The summed E-state index contributed by atoms with van der Waals surface area (Å²) in [5, 5.41) is 9.89. The Morgan fingerprint density at radius 3 is 2.56 bits per heavy atom. The van der Waals surface area contributed by atoms with Gasteiger partial charge < -0.3 is 14.9 Å². The van der Waals surface area contributed by atoms with Gasteiger partial charge >= 0.3 is 0 Å². The zero-order chi connectivity index (χ0) is 13.1. The van der Waals surface area contributed by atoms with Crippen molar-refractivity contribution in [2.45, 2.75) is 26.4 Å². The van der Waals surface area contributed by atoms with Crippen LogP contribution in [0.5, 0.6) is 0 Å². The lowest BCUT2D eigenvalue weighted by atomic mass is 10.0. The van der Waals surface area contributed by atoms with Gasteiger partial charge in [-0.25, -0.2) is 4.98 Å². The lowest BCUT2D eigenvalue weighted by molar-refractivity contribution is 0.172. The van der Waals surface area contributed by atoms with Crippen LogP contribution < -0.4 is 4.90 Å². The van der Waals surface area contributed by atoms with Crippen LogP contribution in [0.25, 0.3) is 0 Å². The summed E-state index contributed by atoms with van der Waals surface area (Å²) in [4.78, 5) is 9.15. The second-order valence-corrected chi connectivity index (χ2v) is 5.11. The van der Waals surface area contributed by atoms with Crippen molar-refractivity contribution in [1.82, 2.24) is 9.88 Å². The third kappa shape index (κ3) is 2.82. The number of aliphatic hydroxyl groups is 1. The van der Waals surface area contributed by atoms with E-state index in [2.05, 4.69) is 34.8 Å². The summed E-state index contributed by atoms with van der Waals surface area (Å²) in [5.74, 6) is 1.03. The summed E-state index contributed by atoms with van der Waals surface area (Å²) in [6.45, 7) is 8.26. The molecule has 0 spiro atoms. The molecule has 2 rings (SSSR count). The highest BCUT2D eigenvalue weighted by Gasteiger charge is 2.17. The first-order valence-electron chi connectivity index (χ1n) is 6.70. The van der Waals surface area contributed by atoms with E-state index in [-0.39, 0.29) is 6.10 Å². The van der Waals surface area contributed by atoms with Gasteiger partial charge in [0.15, 0.2) is 0 Å². The molecule has 2 heterocycles. The average Bonchev–Trinajstić information content (AvgIpc) is 2.38. The predicted octanol–water partition coefficient (Wildman–Crippen LogP) is 1.59. The molecule has 0 saturated carbocycles. The summed E-state index contributed by atoms with van der Waals surface area (Å²) in [6, 6.07) is 2.10. The highest BCUT2D eigenvalue weighted by atomic mass is 16.3. The molecule has 1 fully saturated rings. The number of hydrogen-bond acceptors (Lipinski definition) is 4. The molecule has 0 aromatic carbocycles. The van der Waals surface area contributed by atoms with Crippen molar-refractivity contribution in [2.75, 3.05) is 38.1 Å². The van der Waals surface area contributed by atoms with Gasteiger partial charge in [0.1, 0.15) is 5.82 Å². The van der Waals surface area contributed by atoms with Crippen LogP contribution in [0.3, 0.4) is 0 Å². The number of aliphatic hydroxyl groups excluding tert-OH is 1. The molecule has 0 unspecified atom stereocenters. The zero-order valence-electron chi connectivity index (χ0n) is 11.6. The first-order valence-corrected chi connectivity index (χ1v) is 6.70. The molecule has 0 amide bonds. The van der Waals surface area contributed by atoms with E-state index in [1.165, 1.54) is 0 Å². The summed E-state index contributed by atoms with van der Waals surface area (Å²) < 4.78 is 0. The molecule has 100 valence electrons. The Balaban J connectivity index is 2.13. The third-order valence-electron chi connectivity index (χ3n) is 3.71. The molecule has 1 aliphatic rings. The van der Waals surface area contributed by atoms with Crippen LogP contribution in [-0.4, -0.2) is 48.2 Å². The SMILES string of the molecule is CC[C@@H](O)c1cnc(N2CCN(C)CC2)cc1C. The van der Waals surface area contributed by atoms with Crippen molar-refractivity contribution < 1.29 is 5.11 Å². The highest BCUT2D eigenvalue weighted by Crippen LogP contribution is 2.23. The van der Waals surface area contributed by atoms with Crippen LogP contribution >= 0.6 is 0 Å². The molecule has 1 aliphatic heterocycles. The standard InChI is InChI=1S/C14H23N3O/c1-4-13(18)12-10-15-14(9-11(12)2)17-7-5-16(3)6-8-17/h9-10,13,18H,4-8H2,1-3H3/t13-/m1/s1. The minimum Gasteiger partial charge on any atom is -0.388 e. The number of aromatic nitrogens is 1. The highest BCUT2D eigenvalue weighted by molar-refractivity contribution is 5.44. The van der Waals surface area contributed by atoms with Gasteiger partial charge in [0.05, 0.1) is 6.10 Å². The third-order valence-corrected chi connectivity index (χ3v) is 3.71. The van der Waals surface area contributed by atoms with Gasteiger partial charge in [-0.05, 0) is 32.0 Å². The predicted molar refractivity (Wildman–Crippen MR) is 73.9 cm³/mol. The van der Waals surface area contributed by atoms with Crippen LogP contribution in [-0.2, 0) is 0 Å². The maximum atomic E-state index is 9.89. The fourth-order valence-electron chi connectivity index (χ4n) is 2.33. The second kappa shape index (κ2) is 5.67. The van der Waals surface area contributed by atoms with Crippen molar-refractivity contribution in [3.8, 4) is 0 Å². The molecule has 1 atom stereocenters. The Hall–Kier alpha value is -1.13. The molecule has 4 heteroatoms. The molecular weight excluding hydrogens is 226 g/mol. The molecule has 1 aromatic rings. The van der Waals surface area contributed by atoms with Gasteiger partial charge in [0.25, 0.3) is 0 Å². The van der Waals surface area contributed by atoms with Crippen LogP contribution in [0, 0.1) is 6.92 Å². The normalized spacial score (nSPS) is 19.0. The minimum absolute atomic E-state index is 0.390. The molecule has 1 saturated heterocycles. The van der Waals surface area contributed by atoms with Crippen molar-refractivity contribution in [3.05, 3.63) is 23.4 Å². The van der Waals surface area contributed by atoms with Gasteiger partial charge in [-0.2, -0.15) is 0 Å². The Morgan fingerprint density at radius 1 is 1.33 bits per heavy atom. The van der Waals surface area contributed by atoms with Gasteiger partial charge in [0.2, 0.25) is 0 Å². The van der Waals surface area contributed by atoms with E-state index >= 15 is 0 Å². The summed E-state index contributed by atoms with van der Waals surface area (Å²) >= 11 is 0. The van der Waals surface area contributed by atoms with Crippen molar-refractivity contribution >= 4 is 5.82 Å². The number of hydrogen-bond donors (Lipinski definition) is 1. The topological polar surface area (TPSA) is 39.6 Å². The molecule has 1 aromatic heterocycles. The number of aryl methyl sites for hydroxylation is 1. The molecule has 0 aliphatic carbocycles. The van der Waals surface area contributed by atoms with Gasteiger partial charge in [0, 0.05) is 37.9 Å². The summed E-state index contributed by atoms with van der Waals surface area (Å²) in [6.07, 6.45) is 2.17. The van der Waals surface area contributed by atoms with E-state index in [0.29, 0.717) is 0 Å². The number of piperazine rings is 1. The Morgan fingerprint density at radius 2 is 2.00 bits per heavy atom. The Labute approximate surface area is 109 Å². The molecule has 18 heavy (non-hydrogen) atoms. The van der Waals surface area contributed by atoms with Crippen LogP contribution in [0.15, 0.2) is 12.3 Å². The number of pyridine rings is 1. The Kier molecular flexibility index (Phi) is 4.19. The number of anilines is 1. The van der Waals surface area contributed by atoms with E-state index in [9.17, 15) is 5.11 Å². The quantitative estimate of drug-likeness (QED) is 0.883. The Bertz CT molecular complexity index is 400. The van der Waals surface area contributed by atoms with Crippen LogP contribution in [0.1, 0.15) is 30.6 Å². The number of nitrogens with zero attached hydrogens (tertiary/aromatic N) is 3. The number of rotatable bonds is 3. The first kappa shape index (κ1) is 13.3. The van der Waals surface area contributed by atoms with E-state index in [1.807, 2.05) is 13.1 Å². The van der Waals surface area contributed by atoms with Gasteiger partial charge in [-0.15, -0.1) is 0 Å².